The van der Waals surface area contributed by atoms with Crippen molar-refractivity contribution in [3.05, 3.63) is 81.9 Å². The Hall–Kier alpha value is -2.08. The number of hydrogen-bond donors (Lipinski definition) is 0. The van der Waals surface area contributed by atoms with Crippen molar-refractivity contribution >= 4 is 12.2 Å². The van der Waals surface area contributed by atoms with Crippen molar-refractivity contribution in [1.82, 2.24) is 0 Å². The molecule has 0 aromatic heterocycles. The zero-order valence-corrected chi connectivity index (χ0v) is 14.8. The van der Waals surface area contributed by atoms with Gasteiger partial charge in [-0.25, -0.2) is 0 Å². The normalized spacial score (nSPS) is 10.8. The fraction of sp³-hybridized carbons (Fsp3) is 0.273. The highest BCUT2D eigenvalue weighted by molar-refractivity contribution is 5.57. The average molecular weight is 292 g/mol. The van der Waals surface area contributed by atoms with Crippen LogP contribution in [0.15, 0.2) is 48.6 Å². The maximum absolute atomic E-state index is 2.20. The summed E-state index contributed by atoms with van der Waals surface area (Å²) in [6.07, 6.45) is 8.44. The molecule has 0 amide bonds. The van der Waals surface area contributed by atoms with Crippen LogP contribution in [0.4, 0.5) is 0 Å². The molecule has 0 N–H and O–H groups in total. The summed E-state index contributed by atoms with van der Waals surface area (Å²) in [5.41, 5.74) is 8.05. The van der Waals surface area contributed by atoms with Gasteiger partial charge in [-0.3, -0.25) is 0 Å². The number of aryl methyl sites for hydroxylation is 4. The third-order valence-corrected chi connectivity index (χ3v) is 3.65. The minimum atomic E-state index is 1.32. The van der Waals surface area contributed by atoms with Crippen LogP contribution in [0, 0.1) is 27.7 Å². The highest BCUT2D eigenvalue weighted by atomic mass is 14.0. The Kier molecular flexibility index (Phi) is 7.39. The van der Waals surface area contributed by atoms with Crippen molar-refractivity contribution in [3.63, 3.8) is 0 Å². The highest BCUT2D eigenvalue weighted by Gasteiger charge is 1.95. The molecule has 116 valence electrons. The zero-order chi connectivity index (χ0) is 16.5. The molecule has 0 aliphatic rings. The Morgan fingerprint density at radius 2 is 1.27 bits per heavy atom. The van der Waals surface area contributed by atoms with E-state index >= 15 is 0 Å². The van der Waals surface area contributed by atoms with Gasteiger partial charge in [0.1, 0.15) is 0 Å². The minimum Gasteiger partial charge on any atom is -0.0871 e. The third-order valence-electron chi connectivity index (χ3n) is 3.65. The van der Waals surface area contributed by atoms with E-state index in [1.165, 1.54) is 33.4 Å². The van der Waals surface area contributed by atoms with Gasteiger partial charge in [0.05, 0.1) is 0 Å². The van der Waals surface area contributed by atoms with Gasteiger partial charge in [-0.05, 0) is 69.4 Å². The second-order valence-electron chi connectivity index (χ2n) is 5.67. The van der Waals surface area contributed by atoms with E-state index in [4.69, 9.17) is 0 Å². The summed E-state index contributed by atoms with van der Waals surface area (Å²) in [5, 5.41) is 0. The minimum absolute atomic E-state index is 1.32. The van der Waals surface area contributed by atoms with Crippen LogP contribution in [0.5, 0.6) is 0 Å². The fourth-order valence-electron chi connectivity index (χ4n) is 2.45. The molecule has 0 bridgehead atoms. The summed E-state index contributed by atoms with van der Waals surface area (Å²) in [6.45, 7) is 12.6. The third kappa shape index (κ3) is 5.37. The number of hydrogen-bond acceptors (Lipinski definition) is 0. The van der Waals surface area contributed by atoms with Gasteiger partial charge in [0.2, 0.25) is 0 Å². The smallest absolute Gasteiger partial charge is 0.0201 e. The van der Waals surface area contributed by atoms with Crippen molar-refractivity contribution in [3.8, 4) is 0 Å². The summed E-state index contributed by atoms with van der Waals surface area (Å²) in [4.78, 5) is 0. The van der Waals surface area contributed by atoms with Crippen LogP contribution in [0.1, 0.15) is 47.2 Å². The van der Waals surface area contributed by atoms with E-state index in [2.05, 4.69) is 88.4 Å². The van der Waals surface area contributed by atoms with E-state index in [-0.39, 0.29) is 0 Å². The van der Waals surface area contributed by atoms with Crippen LogP contribution < -0.4 is 0 Å². The monoisotopic (exact) mass is 292 g/mol. The van der Waals surface area contributed by atoms with Crippen LogP contribution in [-0.4, -0.2) is 0 Å². The average Bonchev–Trinajstić information content (AvgIpc) is 2.47. The first kappa shape index (κ1) is 18.0. The van der Waals surface area contributed by atoms with Crippen LogP contribution in [-0.2, 0) is 0 Å². The van der Waals surface area contributed by atoms with Crippen molar-refractivity contribution < 1.29 is 0 Å². The molecule has 0 nitrogen and oxygen atoms in total. The SMILES string of the molecule is CC=Cc1c(C)cccc1C.CC=Cc1ccc(C)cc1C. The topological polar surface area (TPSA) is 0 Å². The summed E-state index contributed by atoms with van der Waals surface area (Å²) in [5.74, 6) is 0. The van der Waals surface area contributed by atoms with Gasteiger partial charge >= 0.3 is 0 Å². The van der Waals surface area contributed by atoms with Gasteiger partial charge in [0.25, 0.3) is 0 Å². The number of benzene rings is 2. The van der Waals surface area contributed by atoms with Gasteiger partial charge < -0.3 is 0 Å². The molecule has 0 saturated heterocycles. The molecule has 2 aromatic rings. The van der Waals surface area contributed by atoms with Crippen molar-refractivity contribution in [2.24, 2.45) is 0 Å². The Bertz CT molecular complexity index is 637. The molecule has 0 fully saturated rings. The van der Waals surface area contributed by atoms with Crippen molar-refractivity contribution in [1.29, 1.82) is 0 Å². The second-order valence-corrected chi connectivity index (χ2v) is 5.67. The molecule has 0 spiro atoms. The van der Waals surface area contributed by atoms with Crippen LogP contribution in [0.25, 0.3) is 12.2 Å². The second kappa shape index (κ2) is 9.04. The Balaban J connectivity index is 0.000000220. The van der Waals surface area contributed by atoms with Crippen LogP contribution in [0.2, 0.25) is 0 Å². The molecule has 0 radical (unpaired) electrons. The molecular weight excluding hydrogens is 264 g/mol. The standard InChI is InChI=1S/2C11H14/c1-4-6-11-9(2)7-5-8-10(11)3;1-4-5-11-7-6-9(2)8-10(11)3/h2*4-8H,1-3H3. The summed E-state index contributed by atoms with van der Waals surface area (Å²) in [7, 11) is 0. The lowest BCUT2D eigenvalue weighted by Gasteiger charge is -2.02. The molecule has 0 unspecified atom stereocenters. The molecule has 0 heterocycles. The van der Waals surface area contributed by atoms with Gasteiger partial charge in [-0.1, -0.05) is 66.3 Å². The van der Waals surface area contributed by atoms with E-state index in [0.717, 1.165) is 0 Å². The van der Waals surface area contributed by atoms with Gasteiger partial charge in [-0.15, -0.1) is 0 Å². The first-order chi connectivity index (χ1) is 10.5. The number of rotatable bonds is 2. The van der Waals surface area contributed by atoms with Gasteiger partial charge in [0, 0.05) is 0 Å². The molecule has 0 aliphatic carbocycles. The van der Waals surface area contributed by atoms with Gasteiger partial charge in [0.15, 0.2) is 0 Å². The molecule has 0 aliphatic heterocycles. The van der Waals surface area contributed by atoms with Crippen molar-refractivity contribution in [2.45, 2.75) is 41.5 Å². The number of allylic oxidation sites excluding steroid dienone is 2. The lowest BCUT2D eigenvalue weighted by molar-refractivity contribution is 1.35. The molecule has 2 rings (SSSR count). The van der Waals surface area contributed by atoms with E-state index in [1.54, 1.807) is 0 Å². The zero-order valence-electron chi connectivity index (χ0n) is 14.8. The summed E-state index contributed by atoms with van der Waals surface area (Å²) >= 11 is 0. The van der Waals surface area contributed by atoms with E-state index in [1.807, 2.05) is 13.8 Å². The fourth-order valence-corrected chi connectivity index (χ4v) is 2.45. The predicted molar refractivity (Wildman–Crippen MR) is 101 cm³/mol. The predicted octanol–water partition coefficient (Wildman–Crippen LogP) is 6.67. The first-order valence-electron chi connectivity index (χ1n) is 7.88. The van der Waals surface area contributed by atoms with Crippen molar-refractivity contribution in [2.75, 3.05) is 0 Å². The summed E-state index contributed by atoms with van der Waals surface area (Å²) in [6, 6.07) is 12.9. The molecule has 0 saturated carbocycles. The first-order valence-corrected chi connectivity index (χ1v) is 7.88. The van der Waals surface area contributed by atoms with Gasteiger partial charge in [-0.2, -0.15) is 0 Å². The Morgan fingerprint density at radius 3 is 1.77 bits per heavy atom. The molecule has 0 heteroatoms. The summed E-state index contributed by atoms with van der Waals surface area (Å²) < 4.78 is 0. The van der Waals surface area contributed by atoms with E-state index in [0.29, 0.717) is 0 Å². The van der Waals surface area contributed by atoms with E-state index < -0.39 is 0 Å². The largest absolute Gasteiger partial charge is 0.0871 e. The molecule has 0 atom stereocenters. The highest BCUT2D eigenvalue weighted by Crippen LogP contribution is 2.14. The van der Waals surface area contributed by atoms with Crippen LogP contribution >= 0.6 is 0 Å². The van der Waals surface area contributed by atoms with Crippen LogP contribution in [0.3, 0.4) is 0 Å². The maximum atomic E-state index is 2.20. The lowest BCUT2D eigenvalue weighted by Crippen LogP contribution is -1.83. The Labute approximate surface area is 136 Å². The Morgan fingerprint density at radius 1 is 0.682 bits per heavy atom. The molecule has 22 heavy (non-hydrogen) atoms. The van der Waals surface area contributed by atoms with E-state index in [9.17, 15) is 0 Å². The lowest BCUT2D eigenvalue weighted by atomic mass is 10.0. The maximum Gasteiger partial charge on any atom is -0.0201 e. The molecule has 2 aromatic carbocycles. The molecular formula is C22H28. The quantitative estimate of drug-likeness (QED) is 0.579.